The number of aromatic nitrogens is 2. The van der Waals surface area contributed by atoms with Gasteiger partial charge in [0.15, 0.2) is 0 Å². The highest BCUT2D eigenvalue weighted by atomic mass is 32.1. The summed E-state index contributed by atoms with van der Waals surface area (Å²) in [5.41, 5.74) is 2.40. The Hall–Kier alpha value is -2.82. The molecular formula is C19H14N3O4PS. The van der Waals surface area contributed by atoms with Crippen molar-refractivity contribution in [1.29, 1.82) is 5.26 Å². The molecule has 7 nitrogen and oxygen atoms in total. The summed E-state index contributed by atoms with van der Waals surface area (Å²) in [5, 5.41) is 10.6. The number of H-pyrrole nitrogens is 1. The number of thiazole rings is 1. The smallest absolute Gasteiger partial charge is 0.324 e. The van der Waals surface area contributed by atoms with E-state index < -0.39 is 13.2 Å². The Morgan fingerprint density at radius 1 is 1.32 bits per heavy atom. The van der Waals surface area contributed by atoms with Crippen molar-refractivity contribution in [3.05, 3.63) is 63.9 Å². The lowest BCUT2D eigenvalue weighted by Crippen LogP contribution is -2.09. The van der Waals surface area contributed by atoms with Gasteiger partial charge in [-0.25, -0.2) is 4.98 Å². The van der Waals surface area contributed by atoms with E-state index in [2.05, 4.69) is 9.51 Å². The monoisotopic (exact) mass is 411 g/mol. The van der Waals surface area contributed by atoms with Gasteiger partial charge in [0.1, 0.15) is 16.6 Å². The number of nitriles is 1. The normalized spacial score (nSPS) is 13.5. The molecule has 2 aromatic heterocycles. The summed E-state index contributed by atoms with van der Waals surface area (Å²) in [6, 6.07) is 14.4. The quantitative estimate of drug-likeness (QED) is 0.490. The van der Waals surface area contributed by atoms with Gasteiger partial charge in [-0.05, 0) is 29.8 Å². The van der Waals surface area contributed by atoms with Crippen LogP contribution < -0.4 is 5.56 Å². The van der Waals surface area contributed by atoms with Crippen molar-refractivity contribution in [3.63, 3.8) is 0 Å². The van der Waals surface area contributed by atoms with Crippen LogP contribution in [0.4, 0.5) is 0 Å². The second-order valence-corrected chi connectivity index (χ2v) is 9.18. The molecule has 0 saturated carbocycles. The maximum atomic E-state index is 11.9. The van der Waals surface area contributed by atoms with Crippen molar-refractivity contribution in [3.8, 4) is 16.6 Å². The topological polar surface area (TPSA) is 116 Å². The molecule has 1 unspecified atom stereocenters. The van der Waals surface area contributed by atoms with E-state index in [-0.39, 0.29) is 11.7 Å². The molecule has 28 heavy (non-hydrogen) atoms. The first-order chi connectivity index (χ1) is 13.4. The van der Waals surface area contributed by atoms with E-state index in [9.17, 15) is 14.3 Å². The average molecular weight is 411 g/mol. The molecule has 0 aliphatic carbocycles. The van der Waals surface area contributed by atoms with Gasteiger partial charge in [-0.15, -0.1) is 11.3 Å². The zero-order valence-corrected chi connectivity index (χ0v) is 16.4. The van der Waals surface area contributed by atoms with E-state index in [4.69, 9.17) is 10.2 Å². The molecule has 9 heteroatoms. The Morgan fingerprint density at radius 3 is 2.89 bits per heavy atom. The molecule has 0 amide bonds. The summed E-state index contributed by atoms with van der Waals surface area (Å²) in [6.07, 6.45) is -0.0854. The number of nitrogens with zero attached hydrogens (tertiary/aromatic N) is 2. The molecule has 2 N–H and O–H groups in total. The van der Waals surface area contributed by atoms with Crippen LogP contribution in [0.1, 0.15) is 11.1 Å². The van der Waals surface area contributed by atoms with Crippen LogP contribution in [0.15, 0.2) is 47.3 Å². The number of pyridine rings is 1. The Bertz CT molecular complexity index is 1370. The van der Waals surface area contributed by atoms with Crippen molar-refractivity contribution in [2.75, 3.05) is 7.11 Å². The number of nitrogens with one attached hydrogen (secondary N) is 1. The summed E-state index contributed by atoms with van der Waals surface area (Å²) in [5.74, 6) is 0. The number of fused-ring (bicyclic) bond motifs is 3. The third-order valence-electron chi connectivity index (χ3n) is 4.34. The standard InChI is InChI=1S/C19H14N3O4PS/c1-26-27(24,25)10-11-3-2-4-12(7-11)19-22-17-14-8-13(9-20)18(23)21-15(14)5-6-16(17)28-19/h2-8H,10H2,1H3,(H,21,23)(H,24,25). The Morgan fingerprint density at radius 2 is 2.14 bits per heavy atom. The number of hydrogen-bond acceptors (Lipinski definition) is 6. The van der Waals surface area contributed by atoms with Gasteiger partial charge < -0.3 is 14.4 Å². The van der Waals surface area contributed by atoms with Gasteiger partial charge in [0, 0.05) is 18.1 Å². The highest BCUT2D eigenvalue weighted by Gasteiger charge is 2.18. The molecule has 2 heterocycles. The molecule has 140 valence electrons. The molecule has 0 radical (unpaired) electrons. The van der Waals surface area contributed by atoms with Crippen LogP contribution in [-0.2, 0) is 15.3 Å². The van der Waals surface area contributed by atoms with Crippen LogP contribution >= 0.6 is 18.9 Å². The summed E-state index contributed by atoms with van der Waals surface area (Å²) in [7, 11) is -2.45. The van der Waals surface area contributed by atoms with E-state index >= 15 is 0 Å². The van der Waals surface area contributed by atoms with E-state index in [1.807, 2.05) is 24.3 Å². The molecule has 0 aliphatic heterocycles. The lowest BCUT2D eigenvalue weighted by Gasteiger charge is -2.09. The highest BCUT2D eigenvalue weighted by Crippen LogP contribution is 2.45. The maximum Gasteiger partial charge on any atom is 0.332 e. The molecule has 0 aliphatic rings. The zero-order chi connectivity index (χ0) is 19.9. The Kier molecular flexibility index (Phi) is 4.61. The molecule has 0 saturated heterocycles. The second kappa shape index (κ2) is 6.97. The minimum Gasteiger partial charge on any atom is -0.324 e. The van der Waals surface area contributed by atoms with Crippen LogP contribution in [0.25, 0.3) is 31.7 Å². The molecule has 4 rings (SSSR count). The molecule has 0 fully saturated rings. The number of rotatable bonds is 4. The summed E-state index contributed by atoms with van der Waals surface area (Å²) >= 11 is 1.47. The SMILES string of the molecule is COP(=O)(O)Cc1cccc(-c2nc3c(ccc4[nH]c(=O)c(C#N)cc43)s2)c1. The van der Waals surface area contributed by atoms with Gasteiger partial charge in [-0.2, -0.15) is 5.26 Å². The van der Waals surface area contributed by atoms with Crippen LogP contribution in [0.2, 0.25) is 0 Å². The van der Waals surface area contributed by atoms with E-state index in [1.54, 1.807) is 24.3 Å². The first-order valence-electron chi connectivity index (χ1n) is 8.24. The highest BCUT2D eigenvalue weighted by molar-refractivity contribution is 7.51. The third-order valence-corrected chi connectivity index (χ3v) is 6.75. The molecule has 0 spiro atoms. The number of aromatic amines is 1. The Balaban J connectivity index is 1.84. The largest absolute Gasteiger partial charge is 0.332 e. The van der Waals surface area contributed by atoms with Crippen LogP contribution in [0.3, 0.4) is 0 Å². The number of benzene rings is 2. The van der Waals surface area contributed by atoms with Gasteiger partial charge in [-0.1, -0.05) is 18.2 Å². The van der Waals surface area contributed by atoms with E-state index in [1.165, 1.54) is 18.4 Å². The number of hydrogen-bond donors (Lipinski definition) is 2. The van der Waals surface area contributed by atoms with Crippen molar-refractivity contribution in [2.45, 2.75) is 6.16 Å². The first-order valence-corrected chi connectivity index (χ1v) is 10.8. The molecule has 0 bridgehead atoms. The van der Waals surface area contributed by atoms with Gasteiger partial charge in [0.05, 0.1) is 21.9 Å². The molecule has 2 aromatic carbocycles. The fraction of sp³-hybridized carbons (Fsp3) is 0.105. The minimum atomic E-state index is -3.66. The maximum absolute atomic E-state index is 11.9. The summed E-state index contributed by atoms with van der Waals surface area (Å²) < 4.78 is 17.4. The van der Waals surface area contributed by atoms with Gasteiger partial charge in [0.2, 0.25) is 0 Å². The average Bonchev–Trinajstić information content (AvgIpc) is 3.12. The third kappa shape index (κ3) is 3.37. The molecule has 4 aromatic rings. The van der Waals surface area contributed by atoms with Crippen LogP contribution in [-0.4, -0.2) is 22.0 Å². The van der Waals surface area contributed by atoms with Crippen molar-refractivity contribution in [1.82, 2.24) is 9.97 Å². The van der Waals surface area contributed by atoms with Crippen molar-refractivity contribution < 1.29 is 14.0 Å². The fourth-order valence-electron chi connectivity index (χ4n) is 2.97. The Labute approximate surface area is 163 Å². The second-order valence-electron chi connectivity index (χ2n) is 6.20. The van der Waals surface area contributed by atoms with Crippen molar-refractivity contribution >= 4 is 40.1 Å². The predicted molar refractivity (Wildman–Crippen MR) is 108 cm³/mol. The van der Waals surface area contributed by atoms with Gasteiger partial charge >= 0.3 is 7.60 Å². The minimum absolute atomic E-state index is 0.0369. The molecular weight excluding hydrogens is 397 g/mol. The van der Waals surface area contributed by atoms with Crippen molar-refractivity contribution in [2.24, 2.45) is 0 Å². The fourth-order valence-corrected chi connectivity index (χ4v) is 4.74. The van der Waals surface area contributed by atoms with Crippen LogP contribution in [0.5, 0.6) is 0 Å². The lowest BCUT2D eigenvalue weighted by atomic mass is 10.1. The van der Waals surface area contributed by atoms with E-state index in [0.717, 1.165) is 15.3 Å². The molecule has 1 atom stereocenters. The summed E-state index contributed by atoms with van der Waals surface area (Å²) in [4.78, 5) is 29.0. The first kappa shape index (κ1) is 18.5. The zero-order valence-electron chi connectivity index (χ0n) is 14.7. The van der Waals surface area contributed by atoms with Gasteiger partial charge in [-0.3, -0.25) is 9.36 Å². The van der Waals surface area contributed by atoms with E-state index in [0.29, 0.717) is 22.0 Å². The summed E-state index contributed by atoms with van der Waals surface area (Å²) in [6.45, 7) is 0. The van der Waals surface area contributed by atoms with Crippen LogP contribution in [0, 0.1) is 11.3 Å². The van der Waals surface area contributed by atoms with Gasteiger partial charge in [0.25, 0.3) is 5.56 Å². The predicted octanol–water partition coefficient (Wildman–Crippen LogP) is 4.01. The lowest BCUT2D eigenvalue weighted by molar-refractivity contribution is 0.314.